The maximum atomic E-state index is 14.0. The van der Waals surface area contributed by atoms with E-state index in [1.165, 1.54) is 33.5 Å². The largest absolute Gasteiger partial charge is 0.497 e. The number of rotatable bonds is 11. The number of ether oxygens (including phenoxy) is 3. The molecule has 2 fully saturated rings. The van der Waals surface area contributed by atoms with Gasteiger partial charge in [0.15, 0.2) is 0 Å². The molecule has 13 nitrogen and oxygen atoms in total. The van der Waals surface area contributed by atoms with Crippen LogP contribution in [0.1, 0.15) is 40.4 Å². The van der Waals surface area contributed by atoms with Gasteiger partial charge in [0.05, 0.1) is 39.7 Å². The third kappa shape index (κ3) is 5.27. The van der Waals surface area contributed by atoms with Gasteiger partial charge < -0.3 is 30.4 Å². The van der Waals surface area contributed by atoms with Crippen LogP contribution >= 0.6 is 0 Å². The lowest BCUT2D eigenvalue weighted by Crippen LogP contribution is -2.56. The van der Waals surface area contributed by atoms with Gasteiger partial charge in [-0.15, -0.1) is 0 Å². The van der Waals surface area contributed by atoms with Crippen molar-refractivity contribution in [1.82, 2.24) is 15.5 Å². The first-order valence-corrected chi connectivity index (χ1v) is 12.9. The van der Waals surface area contributed by atoms with Crippen LogP contribution in [0.15, 0.2) is 42.5 Å². The van der Waals surface area contributed by atoms with Crippen LogP contribution < -0.4 is 25.8 Å². The second-order valence-electron chi connectivity index (χ2n) is 9.83. The molecule has 0 saturated carbocycles. The summed E-state index contributed by atoms with van der Waals surface area (Å²) in [7, 11) is 3.93. The van der Waals surface area contributed by atoms with E-state index in [-0.39, 0.29) is 48.6 Å². The third-order valence-corrected chi connectivity index (χ3v) is 7.64. The first-order chi connectivity index (χ1) is 19.6. The van der Waals surface area contributed by atoms with E-state index in [0.717, 1.165) is 4.90 Å². The zero-order chi connectivity index (χ0) is 29.9. The van der Waals surface area contributed by atoms with E-state index in [2.05, 4.69) is 10.6 Å². The molecule has 13 heteroatoms. The number of nitrogens with zero attached hydrogens (tertiary/aromatic N) is 1. The predicted octanol–water partition coefficient (Wildman–Crippen LogP) is 1.21. The molecule has 41 heavy (non-hydrogen) atoms. The summed E-state index contributed by atoms with van der Waals surface area (Å²) in [5, 5.41) is 16.1. The molecule has 0 spiro atoms. The number of esters is 1. The molecule has 5 N–H and O–H groups in total. The quantitative estimate of drug-likeness (QED) is 0.174. The average molecular weight is 569 g/mol. The third-order valence-electron chi connectivity index (χ3n) is 7.64. The Kier molecular flexibility index (Phi) is 8.47. The number of fused-ring (bicyclic) bond motifs is 1. The SMILES string of the molecule is COC(=O)c1c(OC)cc(OC)cc1C1NC(CCCNC(N)=O)(C(=O)O)C2C(=O)N(Cc3ccccc3)C(=O)C12. The van der Waals surface area contributed by atoms with Crippen molar-refractivity contribution in [2.24, 2.45) is 17.6 Å². The number of aliphatic carboxylic acids is 1. The van der Waals surface area contributed by atoms with E-state index in [9.17, 15) is 29.1 Å². The number of methoxy groups -OCH3 is 3. The standard InChI is InChI=1S/C28H32N4O9/c1-39-16-12-17(19(25(35)41-3)18(13-16)40-2)22-20-21(28(31-22,26(36)37)10-7-11-30-27(29)38)24(34)32(23(20)33)14-15-8-5-4-6-9-15/h4-6,8-9,12-13,20-22,31H,7,10-11,14H2,1-3H3,(H,36,37)(H3,29,30,38). The Morgan fingerprint density at radius 3 is 2.37 bits per heavy atom. The molecule has 0 bridgehead atoms. The minimum Gasteiger partial charge on any atom is -0.497 e. The highest BCUT2D eigenvalue weighted by Crippen LogP contribution is 2.52. The van der Waals surface area contributed by atoms with Gasteiger partial charge in [0, 0.05) is 18.7 Å². The van der Waals surface area contributed by atoms with Crippen LogP contribution in [0.5, 0.6) is 11.5 Å². The Hall–Kier alpha value is -4.65. The molecular weight excluding hydrogens is 536 g/mol. The summed E-state index contributed by atoms with van der Waals surface area (Å²) >= 11 is 0. The number of likely N-dealkylation sites (tertiary alicyclic amines) is 1. The van der Waals surface area contributed by atoms with Crippen LogP contribution in [-0.2, 0) is 25.7 Å². The normalized spacial score (nSPS) is 23.2. The van der Waals surface area contributed by atoms with E-state index in [1.807, 2.05) is 0 Å². The van der Waals surface area contributed by atoms with E-state index in [0.29, 0.717) is 5.56 Å². The van der Waals surface area contributed by atoms with E-state index in [1.54, 1.807) is 30.3 Å². The smallest absolute Gasteiger partial charge is 0.341 e. The highest BCUT2D eigenvalue weighted by atomic mass is 16.5. The average Bonchev–Trinajstić information content (AvgIpc) is 3.44. The second kappa shape index (κ2) is 11.8. The van der Waals surface area contributed by atoms with Crippen molar-refractivity contribution in [3.8, 4) is 11.5 Å². The van der Waals surface area contributed by atoms with Crippen molar-refractivity contribution in [2.45, 2.75) is 31.0 Å². The Labute approximate surface area is 235 Å². The number of nitrogens with two attached hydrogens (primary N) is 1. The van der Waals surface area contributed by atoms with Crippen molar-refractivity contribution in [3.63, 3.8) is 0 Å². The van der Waals surface area contributed by atoms with Crippen LogP contribution in [-0.4, -0.2) is 73.2 Å². The number of hydrogen-bond donors (Lipinski definition) is 4. The number of carbonyl (C=O) groups excluding carboxylic acids is 4. The minimum absolute atomic E-state index is 0.0367. The molecule has 2 aliphatic heterocycles. The molecule has 0 aliphatic carbocycles. The Morgan fingerprint density at radius 2 is 1.78 bits per heavy atom. The maximum absolute atomic E-state index is 14.0. The lowest BCUT2D eigenvalue weighted by molar-refractivity contribution is -0.152. The van der Waals surface area contributed by atoms with Crippen LogP contribution in [0.25, 0.3) is 0 Å². The van der Waals surface area contributed by atoms with Gasteiger partial charge in [0.1, 0.15) is 22.6 Å². The summed E-state index contributed by atoms with van der Waals surface area (Å²) in [6.07, 6.45) is -0.00321. The van der Waals surface area contributed by atoms with Crippen LogP contribution in [0.3, 0.4) is 0 Å². The number of urea groups is 1. The fraction of sp³-hybridized carbons (Fsp3) is 0.393. The monoisotopic (exact) mass is 568 g/mol. The lowest BCUT2D eigenvalue weighted by Gasteiger charge is -2.31. The van der Waals surface area contributed by atoms with Gasteiger partial charge in [-0.3, -0.25) is 24.6 Å². The molecular formula is C28H32N4O9. The zero-order valence-electron chi connectivity index (χ0n) is 22.8. The summed E-state index contributed by atoms with van der Waals surface area (Å²) in [5.41, 5.74) is 4.06. The van der Waals surface area contributed by atoms with E-state index < -0.39 is 53.2 Å². The van der Waals surface area contributed by atoms with Crippen molar-refractivity contribution in [2.75, 3.05) is 27.9 Å². The summed E-state index contributed by atoms with van der Waals surface area (Å²) in [6, 6.07) is 9.91. The molecule has 218 valence electrons. The van der Waals surface area contributed by atoms with Crippen molar-refractivity contribution in [1.29, 1.82) is 0 Å². The number of nitrogens with one attached hydrogen (secondary N) is 2. The lowest BCUT2D eigenvalue weighted by atomic mass is 9.76. The summed E-state index contributed by atoms with van der Waals surface area (Å²) in [4.78, 5) is 66.2. The molecule has 2 heterocycles. The number of carboxylic acids is 1. The number of carboxylic acid groups (broad SMARTS) is 1. The van der Waals surface area contributed by atoms with Crippen LogP contribution in [0, 0.1) is 11.8 Å². The van der Waals surface area contributed by atoms with Crippen LogP contribution in [0.2, 0.25) is 0 Å². The minimum atomic E-state index is -1.92. The number of amides is 4. The summed E-state index contributed by atoms with van der Waals surface area (Å²) < 4.78 is 15.8. The molecule has 4 amide bonds. The van der Waals surface area contributed by atoms with Gasteiger partial charge >= 0.3 is 18.0 Å². The molecule has 0 aromatic heterocycles. The van der Waals surface area contributed by atoms with Crippen molar-refractivity contribution in [3.05, 3.63) is 59.2 Å². The van der Waals surface area contributed by atoms with Crippen molar-refractivity contribution < 1.29 is 43.3 Å². The number of benzene rings is 2. The molecule has 2 saturated heterocycles. The number of imide groups is 1. The molecule has 4 rings (SSSR count). The van der Waals surface area contributed by atoms with Gasteiger partial charge in [-0.2, -0.15) is 0 Å². The molecule has 4 atom stereocenters. The Bertz CT molecular complexity index is 1370. The topological polar surface area (TPSA) is 187 Å². The molecule has 2 aliphatic rings. The summed E-state index contributed by atoms with van der Waals surface area (Å²) in [5.74, 6) is -5.53. The predicted molar refractivity (Wildman–Crippen MR) is 143 cm³/mol. The number of carbonyl (C=O) groups is 5. The number of hydrogen-bond acceptors (Lipinski definition) is 9. The maximum Gasteiger partial charge on any atom is 0.341 e. The number of primary amides is 1. The van der Waals surface area contributed by atoms with Gasteiger partial charge in [0.25, 0.3) is 0 Å². The highest BCUT2D eigenvalue weighted by molar-refractivity contribution is 6.09. The zero-order valence-corrected chi connectivity index (χ0v) is 22.8. The van der Waals surface area contributed by atoms with E-state index >= 15 is 0 Å². The van der Waals surface area contributed by atoms with E-state index in [4.69, 9.17) is 19.9 Å². The Balaban J connectivity index is 1.87. The molecule has 4 unspecified atom stereocenters. The second-order valence-corrected chi connectivity index (χ2v) is 9.83. The fourth-order valence-electron chi connectivity index (χ4n) is 5.82. The Morgan fingerprint density at radius 1 is 1.07 bits per heavy atom. The van der Waals surface area contributed by atoms with Crippen LogP contribution in [0.4, 0.5) is 4.79 Å². The van der Waals surface area contributed by atoms with Crippen molar-refractivity contribution >= 4 is 29.8 Å². The molecule has 2 aromatic carbocycles. The van der Waals surface area contributed by atoms with Gasteiger partial charge in [-0.25, -0.2) is 9.59 Å². The van der Waals surface area contributed by atoms with Gasteiger partial charge in [0.2, 0.25) is 11.8 Å². The highest BCUT2D eigenvalue weighted by Gasteiger charge is 2.68. The summed E-state index contributed by atoms with van der Waals surface area (Å²) in [6.45, 7) is -0.00714. The molecule has 0 radical (unpaired) electrons. The fourth-order valence-corrected chi connectivity index (χ4v) is 5.82. The van der Waals surface area contributed by atoms with Gasteiger partial charge in [-0.1, -0.05) is 30.3 Å². The molecule has 2 aromatic rings. The first kappa shape index (κ1) is 29.3. The van der Waals surface area contributed by atoms with Gasteiger partial charge in [-0.05, 0) is 30.0 Å². The first-order valence-electron chi connectivity index (χ1n) is 12.9.